The van der Waals surface area contributed by atoms with E-state index in [-0.39, 0.29) is 11.3 Å². The van der Waals surface area contributed by atoms with Crippen molar-refractivity contribution in [3.05, 3.63) is 30.5 Å². The van der Waals surface area contributed by atoms with Crippen LogP contribution in [0.5, 0.6) is 0 Å². The normalized spacial score (nSPS) is 22.1. The molecule has 1 N–H and O–H groups in total. The minimum absolute atomic E-state index is 0.228. The fraction of sp³-hybridized carbons (Fsp3) is 0.556. The summed E-state index contributed by atoms with van der Waals surface area (Å²) in [7, 11) is 0. The van der Waals surface area contributed by atoms with Crippen LogP contribution < -0.4 is 4.90 Å². The monoisotopic (exact) mass is 400 g/mol. The quantitative estimate of drug-likeness (QED) is 0.785. The summed E-state index contributed by atoms with van der Waals surface area (Å²) < 4.78 is 31.7. The van der Waals surface area contributed by atoms with Crippen molar-refractivity contribution in [2.24, 2.45) is 5.41 Å². The molecule has 1 aromatic rings. The lowest BCUT2D eigenvalue weighted by molar-refractivity contribution is -0.192. The second-order valence-corrected chi connectivity index (χ2v) is 6.93. The van der Waals surface area contributed by atoms with E-state index < -0.39 is 12.1 Å². The van der Waals surface area contributed by atoms with Crippen LogP contribution >= 0.6 is 0 Å². The molecule has 2 aliphatic heterocycles. The van der Waals surface area contributed by atoms with Gasteiger partial charge in [0.2, 0.25) is 5.91 Å². The van der Waals surface area contributed by atoms with E-state index in [4.69, 9.17) is 9.90 Å². The number of anilines is 1. The summed E-state index contributed by atoms with van der Waals surface area (Å²) in [5.74, 6) is -1.59. The first-order valence-corrected chi connectivity index (χ1v) is 8.85. The lowest BCUT2D eigenvalue weighted by atomic mass is 9.78. The highest BCUT2D eigenvalue weighted by Gasteiger charge is 2.48. The zero-order valence-electron chi connectivity index (χ0n) is 15.6. The van der Waals surface area contributed by atoms with E-state index in [0.29, 0.717) is 6.54 Å². The molecule has 0 aliphatic carbocycles. The molecule has 2 saturated heterocycles. The van der Waals surface area contributed by atoms with Gasteiger partial charge in [0.05, 0.1) is 11.1 Å². The number of alkyl halides is 3. The van der Waals surface area contributed by atoms with E-state index >= 15 is 0 Å². The van der Waals surface area contributed by atoms with Gasteiger partial charge in [0, 0.05) is 26.2 Å². The fourth-order valence-electron chi connectivity index (χ4n) is 3.49. The molecular formula is C18H23F3N4O3. The Morgan fingerprint density at radius 1 is 1.32 bits per heavy atom. The first-order valence-electron chi connectivity index (χ1n) is 8.85. The standard InChI is InChI=1S/C16H22N4O.C2HF3O2/c1-3-9-19-11-8-16(15(19)21)7-4-10-20(12-16)14-6-5-13(2)17-18-14;3-2(4,5)1(6)7/h3,5-6H,1,4,7-12H2,2H3;(H,6,7). The number of carboxylic acids is 1. The molecule has 0 bridgehead atoms. The molecule has 0 aromatic carbocycles. The van der Waals surface area contributed by atoms with Crippen molar-refractivity contribution in [2.75, 3.05) is 31.1 Å². The number of carbonyl (C=O) groups is 2. The van der Waals surface area contributed by atoms with Gasteiger partial charge in [0.15, 0.2) is 5.82 Å². The molecule has 7 nitrogen and oxygen atoms in total. The van der Waals surface area contributed by atoms with Gasteiger partial charge in [0.25, 0.3) is 0 Å². The predicted octanol–water partition coefficient (Wildman–Crippen LogP) is 2.42. The predicted molar refractivity (Wildman–Crippen MR) is 95.7 cm³/mol. The molecule has 0 radical (unpaired) electrons. The number of rotatable bonds is 3. The van der Waals surface area contributed by atoms with E-state index in [2.05, 4.69) is 21.7 Å². The van der Waals surface area contributed by atoms with Gasteiger partial charge in [-0.1, -0.05) is 6.08 Å². The Labute approximate surface area is 160 Å². The Balaban J connectivity index is 0.000000345. The first kappa shape index (κ1) is 21.6. The summed E-state index contributed by atoms with van der Waals surface area (Å²) >= 11 is 0. The third-order valence-corrected chi connectivity index (χ3v) is 4.88. The van der Waals surface area contributed by atoms with Crippen molar-refractivity contribution in [3.63, 3.8) is 0 Å². The van der Waals surface area contributed by atoms with Gasteiger partial charge in [-0.2, -0.15) is 18.3 Å². The summed E-state index contributed by atoms with van der Waals surface area (Å²) in [5, 5.41) is 15.5. The third-order valence-electron chi connectivity index (χ3n) is 4.88. The molecule has 1 aromatic heterocycles. The number of aromatic nitrogens is 2. The maximum absolute atomic E-state index is 12.7. The lowest BCUT2D eigenvalue weighted by Crippen LogP contribution is -2.48. The van der Waals surface area contributed by atoms with Gasteiger partial charge in [-0.3, -0.25) is 4.79 Å². The number of halogens is 3. The highest BCUT2D eigenvalue weighted by molar-refractivity contribution is 5.86. The van der Waals surface area contributed by atoms with E-state index in [1.807, 2.05) is 30.0 Å². The molecule has 1 amide bonds. The molecule has 3 rings (SSSR count). The lowest BCUT2D eigenvalue weighted by Gasteiger charge is -2.39. The molecule has 2 aliphatic rings. The Kier molecular flexibility index (Phi) is 6.63. The van der Waals surface area contributed by atoms with Crippen LogP contribution in [-0.4, -0.2) is 64.4 Å². The average Bonchev–Trinajstić information content (AvgIpc) is 2.92. The van der Waals surface area contributed by atoms with Crippen LogP contribution in [0.25, 0.3) is 0 Å². The number of likely N-dealkylation sites (tertiary alicyclic amines) is 1. The smallest absolute Gasteiger partial charge is 0.475 e. The molecule has 1 unspecified atom stereocenters. The van der Waals surface area contributed by atoms with Gasteiger partial charge >= 0.3 is 12.1 Å². The Bertz CT molecular complexity index is 724. The number of nitrogens with zero attached hydrogens (tertiary/aromatic N) is 4. The first-order chi connectivity index (χ1) is 13.1. The minimum Gasteiger partial charge on any atom is -0.475 e. The minimum atomic E-state index is -5.08. The third kappa shape index (κ3) is 4.99. The van der Waals surface area contributed by atoms with Gasteiger partial charge in [-0.15, -0.1) is 11.7 Å². The molecule has 10 heteroatoms. The average molecular weight is 400 g/mol. The number of carbonyl (C=O) groups excluding carboxylic acids is 1. The number of carboxylic acid groups (broad SMARTS) is 1. The van der Waals surface area contributed by atoms with E-state index in [1.54, 1.807) is 0 Å². The van der Waals surface area contributed by atoms with Crippen LogP contribution in [-0.2, 0) is 9.59 Å². The molecule has 1 atom stereocenters. The summed E-state index contributed by atoms with van der Waals surface area (Å²) in [6, 6.07) is 3.98. The van der Waals surface area contributed by atoms with Crippen LogP contribution in [0.1, 0.15) is 25.0 Å². The van der Waals surface area contributed by atoms with Crippen molar-refractivity contribution in [1.82, 2.24) is 15.1 Å². The summed E-state index contributed by atoms with van der Waals surface area (Å²) in [6.45, 7) is 8.89. The molecule has 1 spiro atoms. The van der Waals surface area contributed by atoms with E-state index in [1.165, 1.54) is 0 Å². The highest BCUT2D eigenvalue weighted by Crippen LogP contribution is 2.40. The molecule has 3 heterocycles. The molecule has 28 heavy (non-hydrogen) atoms. The van der Waals surface area contributed by atoms with Crippen LogP contribution in [0.4, 0.5) is 19.0 Å². The van der Waals surface area contributed by atoms with Gasteiger partial charge in [-0.25, -0.2) is 4.79 Å². The number of hydrogen-bond donors (Lipinski definition) is 1. The number of aryl methyl sites for hydroxylation is 1. The summed E-state index contributed by atoms with van der Waals surface area (Å²) in [6.07, 6.45) is -0.323. The molecular weight excluding hydrogens is 377 g/mol. The summed E-state index contributed by atoms with van der Waals surface area (Å²) in [5.41, 5.74) is 0.688. The van der Waals surface area contributed by atoms with Crippen molar-refractivity contribution in [1.29, 1.82) is 0 Å². The maximum Gasteiger partial charge on any atom is 0.490 e. The Morgan fingerprint density at radius 3 is 2.54 bits per heavy atom. The van der Waals surface area contributed by atoms with Crippen LogP contribution in [0.2, 0.25) is 0 Å². The van der Waals surface area contributed by atoms with Crippen molar-refractivity contribution < 1.29 is 27.9 Å². The number of hydrogen-bond acceptors (Lipinski definition) is 5. The highest BCUT2D eigenvalue weighted by atomic mass is 19.4. The molecule has 2 fully saturated rings. The number of piperidine rings is 1. The fourth-order valence-corrected chi connectivity index (χ4v) is 3.49. The van der Waals surface area contributed by atoms with Gasteiger partial charge in [-0.05, 0) is 38.3 Å². The SMILES string of the molecule is C=CCN1CCC2(CCCN(c3ccc(C)nn3)C2)C1=O.O=C(O)C(F)(F)F. The van der Waals surface area contributed by atoms with Crippen LogP contribution in [0.15, 0.2) is 24.8 Å². The zero-order valence-corrected chi connectivity index (χ0v) is 15.6. The van der Waals surface area contributed by atoms with Gasteiger partial charge < -0.3 is 14.9 Å². The summed E-state index contributed by atoms with van der Waals surface area (Å²) in [4.78, 5) is 25.8. The molecule has 154 valence electrons. The van der Waals surface area contributed by atoms with Crippen molar-refractivity contribution in [2.45, 2.75) is 32.4 Å². The largest absolute Gasteiger partial charge is 0.490 e. The zero-order chi connectivity index (χ0) is 20.9. The van der Waals surface area contributed by atoms with E-state index in [9.17, 15) is 18.0 Å². The Hall–Kier alpha value is -2.65. The van der Waals surface area contributed by atoms with Crippen LogP contribution in [0, 0.1) is 12.3 Å². The van der Waals surface area contributed by atoms with Crippen LogP contribution in [0.3, 0.4) is 0 Å². The van der Waals surface area contributed by atoms with Gasteiger partial charge in [0.1, 0.15) is 0 Å². The number of amides is 1. The Morgan fingerprint density at radius 2 is 2.00 bits per heavy atom. The van der Waals surface area contributed by atoms with Crippen molar-refractivity contribution in [3.8, 4) is 0 Å². The van der Waals surface area contributed by atoms with Crippen molar-refractivity contribution >= 4 is 17.7 Å². The van der Waals surface area contributed by atoms with E-state index in [0.717, 1.165) is 50.4 Å². The second kappa shape index (κ2) is 8.57. The maximum atomic E-state index is 12.7. The molecule has 0 saturated carbocycles. The second-order valence-electron chi connectivity index (χ2n) is 6.93. The number of aliphatic carboxylic acids is 1. The topological polar surface area (TPSA) is 86.6 Å².